The number of thiophene rings is 4. The molecule has 14 aromatic carbocycles. The van der Waals surface area contributed by atoms with Crippen molar-refractivity contribution in [2.45, 2.75) is 0 Å². The van der Waals surface area contributed by atoms with Crippen LogP contribution in [0.3, 0.4) is 0 Å². The molecule has 0 aliphatic heterocycles. The van der Waals surface area contributed by atoms with E-state index in [4.69, 9.17) is 29.9 Å². The van der Waals surface area contributed by atoms with Crippen molar-refractivity contribution in [3.8, 4) is 90.8 Å². The van der Waals surface area contributed by atoms with Crippen molar-refractivity contribution in [2.75, 3.05) is 0 Å². The summed E-state index contributed by atoms with van der Waals surface area (Å²) in [5, 5.41) is 14.9. The fraction of sp³-hybridized carbons (Fsp3) is 0. The molecule has 474 valence electrons. The standard InChI is InChI=1S/C90H50N8S4/c1-4-17-51(18-5-1)85-91-86(52-19-6-2-7-20-52)94-89(93-85)57-32-37-65-71-48-82-72(49-81(71)101-80(65)44-57)68-46-60(35-40-78(68)99-82)98-75-30-15-12-27-63(75)66-42-55(33-38-76(66)98)54-23-16-24-56(41-54)88-92-87(53-21-8-3-9-22-53)95-90(96-88)58-31-36-64-69-47-70-67-45-59(34-39-77(67)100-84(70)50-83(69)102-79(64)43-58)97-73-28-13-10-25-61(73)62-26-11-14-29-74(62)97/h1-50H. The molecule has 8 aromatic heterocycles. The first-order valence-corrected chi connectivity index (χ1v) is 37.2. The Morgan fingerprint density at radius 3 is 0.980 bits per heavy atom. The first-order valence-electron chi connectivity index (χ1n) is 33.9. The Kier molecular flexibility index (Phi) is 12.7. The van der Waals surface area contributed by atoms with Crippen LogP contribution < -0.4 is 0 Å². The molecule has 0 bridgehead atoms. The third kappa shape index (κ3) is 9.17. The normalized spacial score (nSPS) is 12.1. The second-order valence-electron chi connectivity index (χ2n) is 26.1. The van der Waals surface area contributed by atoms with E-state index in [2.05, 4.69) is 258 Å². The molecule has 8 nitrogen and oxygen atoms in total. The van der Waals surface area contributed by atoms with E-state index in [9.17, 15) is 0 Å². The predicted octanol–water partition coefficient (Wildman–Crippen LogP) is 25.4. The van der Waals surface area contributed by atoms with Gasteiger partial charge < -0.3 is 9.13 Å². The Balaban J connectivity index is 0.599. The van der Waals surface area contributed by atoms with Crippen molar-refractivity contribution >= 4 is 170 Å². The van der Waals surface area contributed by atoms with E-state index in [0.717, 1.165) is 61.2 Å². The summed E-state index contributed by atoms with van der Waals surface area (Å²) < 4.78 is 14.8. The molecule has 0 atom stereocenters. The van der Waals surface area contributed by atoms with Gasteiger partial charge in [0.1, 0.15) is 0 Å². The highest BCUT2D eigenvalue weighted by molar-refractivity contribution is 7.28. The van der Waals surface area contributed by atoms with Gasteiger partial charge in [-0.25, -0.2) is 29.9 Å². The molecule has 0 aliphatic rings. The third-order valence-corrected chi connectivity index (χ3v) is 24.7. The topological polar surface area (TPSA) is 87.2 Å². The molecule has 22 rings (SSSR count). The molecule has 0 unspecified atom stereocenters. The maximum atomic E-state index is 5.33. The number of hydrogen-bond acceptors (Lipinski definition) is 10. The van der Waals surface area contributed by atoms with E-state index in [0.29, 0.717) is 34.9 Å². The van der Waals surface area contributed by atoms with Crippen molar-refractivity contribution in [3.05, 3.63) is 303 Å². The van der Waals surface area contributed by atoms with E-state index in [1.807, 2.05) is 99.9 Å². The maximum absolute atomic E-state index is 5.33. The van der Waals surface area contributed by atoms with Crippen LogP contribution in [-0.4, -0.2) is 39.0 Å². The van der Waals surface area contributed by atoms with Crippen LogP contribution in [0.2, 0.25) is 0 Å². The third-order valence-electron chi connectivity index (χ3n) is 20.2. The van der Waals surface area contributed by atoms with Crippen molar-refractivity contribution in [2.24, 2.45) is 0 Å². The monoisotopic (exact) mass is 1370 g/mol. The Labute approximate surface area is 598 Å². The van der Waals surface area contributed by atoms with Gasteiger partial charge in [-0.3, -0.25) is 0 Å². The summed E-state index contributed by atoms with van der Waals surface area (Å²) in [5.74, 6) is 3.84. The lowest BCUT2D eigenvalue weighted by molar-refractivity contribution is 1.07. The summed E-state index contributed by atoms with van der Waals surface area (Å²) in [4.78, 5) is 30.8. The van der Waals surface area contributed by atoms with Crippen LogP contribution in [0, 0.1) is 0 Å². The minimum Gasteiger partial charge on any atom is -0.309 e. The Hall–Kier alpha value is -12.4. The lowest BCUT2D eigenvalue weighted by atomic mass is 10.0. The first kappa shape index (κ1) is 57.5. The molecule has 0 amide bonds. The van der Waals surface area contributed by atoms with Crippen LogP contribution in [0.15, 0.2) is 303 Å². The molecule has 22 aromatic rings. The van der Waals surface area contributed by atoms with Crippen molar-refractivity contribution < 1.29 is 0 Å². The highest BCUT2D eigenvalue weighted by Crippen LogP contribution is 2.47. The largest absolute Gasteiger partial charge is 0.309 e. The summed E-state index contributed by atoms with van der Waals surface area (Å²) in [5.41, 5.74) is 14.9. The quantitative estimate of drug-likeness (QED) is 0.143. The zero-order valence-corrected chi connectivity index (χ0v) is 57.3. The number of rotatable bonds is 9. The molecule has 0 N–H and O–H groups in total. The maximum Gasteiger partial charge on any atom is 0.164 e. The molecular weight excluding hydrogens is 1320 g/mol. The predicted molar refractivity (Wildman–Crippen MR) is 431 cm³/mol. The Morgan fingerprint density at radius 1 is 0.167 bits per heavy atom. The van der Waals surface area contributed by atoms with Gasteiger partial charge in [-0.05, 0) is 120 Å². The molecule has 102 heavy (non-hydrogen) atoms. The van der Waals surface area contributed by atoms with Crippen LogP contribution in [0.25, 0.3) is 215 Å². The Bertz CT molecular complexity index is 7150. The van der Waals surface area contributed by atoms with E-state index in [1.165, 1.54) is 119 Å². The molecular formula is C90H50N8S4. The second kappa shape index (κ2) is 22.5. The minimum atomic E-state index is 0.618. The number of nitrogens with zero attached hydrogens (tertiary/aromatic N) is 8. The highest BCUT2D eigenvalue weighted by atomic mass is 32.1. The van der Waals surface area contributed by atoms with E-state index < -0.39 is 0 Å². The molecule has 12 heteroatoms. The van der Waals surface area contributed by atoms with E-state index in [-0.39, 0.29) is 0 Å². The summed E-state index contributed by atoms with van der Waals surface area (Å²) >= 11 is 7.37. The number of benzene rings is 14. The van der Waals surface area contributed by atoms with Crippen LogP contribution in [0.4, 0.5) is 0 Å². The summed E-state index contributed by atoms with van der Waals surface area (Å²) in [6.45, 7) is 0. The molecule has 0 fully saturated rings. The van der Waals surface area contributed by atoms with Crippen molar-refractivity contribution in [1.82, 2.24) is 39.0 Å². The summed E-state index contributed by atoms with van der Waals surface area (Å²) in [6, 6.07) is 109. The van der Waals surface area contributed by atoms with Crippen LogP contribution in [0.1, 0.15) is 0 Å². The lowest BCUT2D eigenvalue weighted by Gasteiger charge is -2.11. The zero-order valence-electron chi connectivity index (χ0n) is 54.1. The smallest absolute Gasteiger partial charge is 0.164 e. The van der Waals surface area contributed by atoms with E-state index >= 15 is 0 Å². The average molecular weight is 1370 g/mol. The molecule has 0 saturated heterocycles. The first-order chi connectivity index (χ1) is 50.5. The van der Waals surface area contributed by atoms with Crippen LogP contribution >= 0.6 is 45.3 Å². The second-order valence-corrected chi connectivity index (χ2v) is 30.5. The van der Waals surface area contributed by atoms with Gasteiger partial charge in [0, 0.05) is 147 Å². The SMILES string of the molecule is c1ccc(-c2nc(-c3ccccc3)nc(-c3ccc4c(c3)sc3cc5c(cc34)sc3ccc(-n4c6ccccc6c6cc(-c7cccc(-c8nc(-c9ccccc9)nc(-c9ccc%10c(c9)sc9cc%11sc%12ccc(-n%13c%14ccccc%14c%14ccccc%14%13)cc%12c%11cc9%10)n8)c7)ccc64)cc35)n2)cc1. The van der Waals surface area contributed by atoms with Gasteiger partial charge in [0.05, 0.1) is 22.1 Å². The zero-order chi connectivity index (χ0) is 66.7. The summed E-state index contributed by atoms with van der Waals surface area (Å²) in [7, 11) is 0. The van der Waals surface area contributed by atoms with Gasteiger partial charge in [0.25, 0.3) is 0 Å². The van der Waals surface area contributed by atoms with Gasteiger partial charge >= 0.3 is 0 Å². The fourth-order valence-electron chi connectivity index (χ4n) is 15.4. The molecule has 0 radical (unpaired) electrons. The average Bonchev–Trinajstić information content (AvgIpc) is 1.59. The Morgan fingerprint density at radius 2 is 0.490 bits per heavy atom. The highest BCUT2D eigenvalue weighted by Gasteiger charge is 2.22. The van der Waals surface area contributed by atoms with Crippen molar-refractivity contribution in [1.29, 1.82) is 0 Å². The van der Waals surface area contributed by atoms with Gasteiger partial charge in [-0.2, -0.15) is 0 Å². The van der Waals surface area contributed by atoms with Crippen molar-refractivity contribution in [3.63, 3.8) is 0 Å². The van der Waals surface area contributed by atoms with Gasteiger partial charge in [0.2, 0.25) is 0 Å². The minimum absolute atomic E-state index is 0.618. The van der Waals surface area contributed by atoms with Crippen LogP contribution in [-0.2, 0) is 0 Å². The number of para-hydroxylation sites is 3. The molecule has 0 saturated carbocycles. The molecule has 0 aliphatic carbocycles. The lowest BCUT2D eigenvalue weighted by Crippen LogP contribution is -2.00. The summed E-state index contributed by atoms with van der Waals surface area (Å²) in [6.07, 6.45) is 0. The molecule has 8 heterocycles. The van der Waals surface area contributed by atoms with Gasteiger partial charge in [-0.15, -0.1) is 45.3 Å². The molecule has 0 spiro atoms. The number of aromatic nitrogens is 8. The number of hydrogen-bond donors (Lipinski definition) is 0. The van der Waals surface area contributed by atoms with Gasteiger partial charge in [0.15, 0.2) is 34.9 Å². The van der Waals surface area contributed by atoms with Crippen LogP contribution in [0.5, 0.6) is 0 Å². The van der Waals surface area contributed by atoms with E-state index in [1.54, 1.807) is 0 Å². The fourth-order valence-corrected chi connectivity index (χ4v) is 20.0. The number of fused-ring (bicyclic) bond motifs is 18. The van der Waals surface area contributed by atoms with Gasteiger partial charge in [-0.1, -0.05) is 194 Å².